The Morgan fingerprint density at radius 2 is 1.93 bits per heavy atom. The van der Waals surface area contributed by atoms with Crippen LogP contribution in [0.2, 0.25) is 0 Å². The van der Waals surface area contributed by atoms with Crippen LogP contribution in [0.25, 0.3) is 0 Å². The Balaban J connectivity index is 1.26. The first-order valence-electron chi connectivity index (χ1n) is 10.7. The van der Waals surface area contributed by atoms with Gasteiger partial charge in [0.25, 0.3) is 0 Å². The van der Waals surface area contributed by atoms with Gasteiger partial charge < -0.3 is 15.5 Å². The van der Waals surface area contributed by atoms with Crippen molar-refractivity contribution in [2.75, 3.05) is 24.5 Å². The fourth-order valence-corrected chi connectivity index (χ4v) is 5.60. The molecule has 3 heterocycles. The number of fused-ring (bicyclic) bond motifs is 3. The van der Waals surface area contributed by atoms with Gasteiger partial charge in [0.1, 0.15) is 0 Å². The summed E-state index contributed by atoms with van der Waals surface area (Å²) in [4.78, 5) is 15.8. The number of nitrogens with one attached hydrogen (secondary N) is 2. The van der Waals surface area contributed by atoms with Gasteiger partial charge >= 0.3 is 0 Å². The van der Waals surface area contributed by atoms with E-state index < -0.39 is 0 Å². The van der Waals surface area contributed by atoms with E-state index in [0.717, 1.165) is 38.8 Å². The fourth-order valence-electron chi connectivity index (χ4n) is 5.60. The molecule has 2 aromatic rings. The minimum absolute atomic E-state index is 0.239. The Morgan fingerprint density at radius 1 is 1.11 bits per heavy atom. The molecule has 0 aromatic heterocycles. The van der Waals surface area contributed by atoms with Gasteiger partial charge in [0.15, 0.2) is 0 Å². The lowest BCUT2D eigenvalue weighted by Gasteiger charge is -2.35. The van der Waals surface area contributed by atoms with Crippen molar-refractivity contribution in [1.29, 1.82) is 0 Å². The summed E-state index contributed by atoms with van der Waals surface area (Å²) in [7, 11) is 0. The Bertz CT molecular complexity index is 852. The van der Waals surface area contributed by atoms with Crippen molar-refractivity contribution in [1.82, 2.24) is 10.6 Å². The lowest BCUT2D eigenvalue weighted by atomic mass is 9.69. The summed E-state index contributed by atoms with van der Waals surface area (Å²) in [5.41, 5.74) is 3.72. The lowest BCUT2D eigenvalue weighted by molar-refractivity contribution is -0.132. The van der Waals surface area contributed by atoms with E-state index in [1.807, 2.05) is 6.07 Å². The zero-order valence-corrected chi connectivity index (χ0v) is 16.4. The van der Waals surface area contributed by atoms with Crippen molar-refractivity contribution in [2.45, 2.75) is 44.2 Å². The van der Waals surface area contributed by atoms with Gasteiger partial charge in [-0.1, -0.05) is 48.5 Å². The first kappa shape index (κ1) is 17.7. The average Bonchev–Trinajstić information content (AvgIpc) is 3.44. The molecular weight excluding hydrogens is 346 g/mol. The normalized spacial score (nSPS) is 27.8. The van der Waals surface area contributed by atoms with Crippen molar-refractivity contribution in [2.24, 2.45) is 5.41 Å². The molecule has 4 heteroatoms. The highest BCUT2D eigenvalue weighted by Crippen LogP contribution is 2.45. The number of hydrogen-bond donors (Lipinski definition) is 2. The van der Waals surface area contributed by atoms with Crippen LogP contribution in [0.15, 0.2) is 54.6 Å². The summed E-state index contributed by atoms with van der Waals surface area (Å²) in [6, 6.07) is 19.9. The van der Waals surface area contributed by atoms with E-state index in [0.29, 0.717) is 18.6 Å². The summed E-state index contributed by atoms with van der Waals surface area (Å²) in [6.07, 6.45) is 5.23. The van der Waals surface area contributed by atoms with E-state index in [-0.39, 0.29) is 11.3 Å². The minimum Gasteiger partial charge on any atom is -0.369 e. The van der Waals surface area contributed by atoms with Crippen LogP contribution in [0.3, 0.4) is 0 Å². The molecule has 2 aromatic carbocycles. The van der Waals surface area contributed by atoms with Gasteiger partial charge in [0.05, 0.1) is 5.41 Å². The van der Waals surface area contributed by atoms with E-state index >= 15 is 0 Å². The third kappa shape index (κ3) is 3.10. The molecule has 4 nitrogen and oxygen atoms in total. The first-order chi connectivity index (χ1) is 13.7. The number of amides is 1. The third-order valence-electron chi connectivity index (χ3n) is 6.98. The largest absolute Gasteiger partial charge is 0.369 e. The Kier molecular flexibility index (Phi) is 4.59. The van der Waals surface area contributed by atoms with Crippen molar-refractivity contribution in [3.05, 3.63) is 65.7 Å². The second-order valence-electron chi connectivity index (χ2n) is 8.64. The predicted molar refractivity (Wildman–Crippen MR) is 113 cm³/mol. The Hall–Kier alpha value is -2.33. The van der Waals surface area contributed by atoms with Gasteiger partial charge in [-0.15, -0.1) is 0 Å². The Morgan fingerprint density at radius 3 is 2.71 bits per heavy atom. The second-order valence-corrected chi connectivity index (χ2v) is 8.64. The molecule has 3 atom stereocenters. The van der Waals surface area contributed by atoms with E-state index in [9.17, 15) is 4.79 Å². The smallest absolute Gasteiger partial charge is 0.228 e. The molecule has 5 rings (SSSR count). The maximum absolute atomic E-state index is 13.4. The monoisotopic (exact) mass is 375 g/mol. The molecule has 0 radical (unpaired) electrons. The molecule has 0 saturated carbocycles. The van der Waals surface area contributed by atoms with Gasteiger partial charge in [-0.3, -0.25) is 4.79 Å². The van der Waals surface area contributed by atoms with Crippen LogP contribution in [0, 0.1) is 5.41 Å². The number of carbonyl (C=O) groups is 1. The van der Waals surface area contributed by atoms with Crippen LogP contribution in [0.5, 0.6) is 0 Å². The molecule has 0 unspecified atom stereocenters. The average molecular weight is 376 g/mol. The van der Waals surface area contributed by atoms with Crippen molar-refractivity contribution in [3.63, 3.8) is 0 Å². The predicted octanol–water partition coefficient (Wildman–Crippen LogP) is 2.92. The molecule has 2 bridgehead atoms. The van der Waals surface area contributed by atoms with Crippen LogP contribution in [0.4, 0.5) is 5.69 Å². The number of hydrogen-bond acceptors (Lipinski definition) is 3. The zero-order valence-electron chi connectivity index (χ0n) is 16.4. The number of benzene rings is 2. The zero-order chi connectivity index (χ0) is 19.0. The molecule has 28 heavy (non-hydrogen) atoms. The highest BCUT2D eigenvalue weighted by atomic mass is 16.2. The summed E-state index contributed by atoms with van der Waals surface area (Å²) < 4.78 is 0. The van der Waals surface area contributed by atoms with Crippen molar-refractivity contribution in [3.8, 4) is 0 Å². The number of nitrogens with zero attached hydrogens (tertiary/aromatic N) is 1. The Labute approximate surface area is 167 Å². The van der Waals surface area contributed by atoms with Crippen LogP contribution in [-0.4, -0.2) is 37.6 Å². The van der Waals surface area contributed by atoms with E-state index in [1.165, 1.54) is 23.2 Å². The number of rotatable bonds is 6. The molecule has 1 amide bonds. The van der Waals surface area contributed by atoms with E-state index in [2.05, 4.69) is 64.1 Å². The van der Waals surface area contributed by atoms with Crippen molar-refractivity contribution >= 4 is 11.6 Å². The molecule has 0 aliphatic carbocycles. The van der Waals surface area contributed by atoms with Gasteiger partial charge in [-0.2, -0.15) is 0 Å². The van der Waals surface area contributed by atoms with E-state index in [1.54, 1.807) is 0 Å². The van der Waals surface area contributed by atoms with Crippen molar-refractivity contribution < 1.29 is 4.79 Å². The number of carbonyl (C=O) groups excluding carboxylic acids is 1. The molecule has 2 fully saturated rings. The maximum Gasteiger partial charge on any atom is 0.228 e. The molecular formula is C24H29N3O. The molecule has 3 aliphatic heterocycles. The number of anilines is 1. The first-order valence-corrected chi connectivity index (χ1v) is 10.7. The van der Waals surface area contributed by atoms with Gasteiger partial charge in [0.2, 0.25) is 5.91 Å². The SMILES string of the molecule is O=C(NCCN1CCc2ccccc21)[C@]1(Cc2ccccc2)C[C@@H]2CC[C@H]1N2. The number of para-hydroxylation sites is 1. The standard InChI is InChI=1S/C24H29N3O/c28-23(25-13-15-27-14-12-19-8-4-5-9-21(19)27)24(16-18-6-2-1-3-7-18)17-20-10-11-22(24)26-20/h1-9,20,22,26H,10-17H2,(H,25,28)/t20-,22+,24+/m0/s1. The molecule has 2 saturated heterocycles. The summed E-state index contributed by atoms with van der Waals surface area (Å²) >= 11 is 0. The topological polar surface area (TPSA) is 44.4 Å². The maximum atomic E-state index is 13.4. The van der Waals surface area contributed by atoms with Gasteiger partial charge in [0, 0.05) is 37.4 Å². The molecule has 3 aliphatic rings. The third-order valence-corrected chi connectivity index (χ3v) is 6.98. The highest BCUT2D eigenvalue weighted by Gasteiger charge is 2.55. The molecule has 2 N–H and O–H groups in total. The van der Waals surface area contributed by atoms with E-state index in [4.69, 9.17) is 0 Å². The molecule has 0 spiro atoms. The van der Waals surface area contributed by atoms with Crippen LogP contribution in [0.1, 0.15) is 30.4 Å². The summed E-state index contributed by atoms with van der Waals surface area (Å²) in [5.74, 6) is 0.239. The van der Waals surface area contributed by atoms with Crippen LogP contribution >= 0.6 is 0 Å². The summed E-state index contributed by atoms with van der Waals surface area (Å²) in [5, 5.41) is 7.00. The minimum atomic E-state index is -0.298. The quantitative estimate of drug-likeness (QED) is 0.816. The highest BCUT2D eigenvalue weighted by molar-refractivity contribution is 5.84. The lowest BCUT2D eigenvalue weighted by Crippen LogP contribution is -2.51. The van der Waals surface area contributed by atoms with Crippen LogP contribution < -0.4 is 15.5 Å². The second kappa shape index (κ2) is 7.25. The fraction of sp³-hybridized carbons (Fsp3) is 0.458. The van der Waals surface area contributed by atoms with Gasteiger partial charge in [-0.25, -0.2) is 0 Å². The molecule has 146 valence electrons. The van der Waals surface area contributed by atoms with Crippen LogP contribution in [-0.2, 0) is 17.6 Å². The van der Waals surface area contributed by atoms with Gasteiger partial charge in [-0.05, 0) is 49.3 Å². The summed E-state index contributed by atoms with van der Waals surface area (Å²) in [6.45, 7) is 2.64.